The normalized spacial score (nSPS) is 15.2. The third-order valence-corrected chi connectivity index (χ3v) is 7.17. The molecule has 1 unspecified atom stereocenters. The summed E-state index contributed by atoms with van der Waals surface area (Å²) in [5.41, 5.74) is 7.46. The molecular weight excluding hydrogens is 524 g/mol. The van der Waals surface area contributed by atoms with Crippen LogP contribution in [0.3, 0.4) is 0 Å². The van der Waals surface area contributed by atoms with E-state index in [1.807, 2.05) is 11.8 Å². The van der Waals surface area contributed by atoms with Crippen molar-refractivity contribution < 1.29 is 9.53 Å². The van der Waals surface area contributed by atoms with Crippen LogP contribution in [0.2, 0.25) is 0 Å². The summed E-state index contributed by atoms with van der Waals surface area (Å²) >= 11 is 0. The molecule has 1 aliphatic rings. The largest absolute Gasteiger partial charge is 0.464 e. The zero-order valence-electron chi connectivity index (χ0n) is 23.4. The number of ether oxygens (including phenoxy) is 1. The number of benzene rings is 1. The molecule has 0 aliphatic carbocycles. The minimum absolute atomic E-state index is 0.0282. The molecule has 214 valence electrons. The van der Waals surface area contributed by atoms with E-state index in [1.54, 1.807) is 42.1 Å². The van der Waals surface area contributed by atoms with Gasteiger partial charge in [-0.2, -0.15) is 4.98 Å². The minimum Gasteiger partial charge on any atom is -0.464 e. The second kappa shape index (κ2) is 12.3. The van der Waals surface area contributed by atoms with E-state index in [0.29, 0.717) is 42.1 Å². The zero-order chi connectivity index (χ0) is 28.9. The maximum absolute atomic E-state index is 14.1. The lowest BCUT2D eigenvalue weighted by molar-refractivity contribution is -0.144. The Kier molecular flexibility index (Phi) is 8.45. The Balaban J connectivity index is 1.69. The molecule has 1 atom stereocenters. The van der Waals surface area contributed by atoms with E-state index in [9.17, 15) is 14.4 Å². The minimum atomic E-state index is -0.651. The van der Waals surface area contributed by atoms with Crippen LogP contribution >= 0.6 is 0 Å². The van der Waals surface area contributed by atoms with E-state index in [2.05, 4.69) is 21.8 Å². The Labute approximate surface area is 236 Å². The highest BCUT2D eigenvalue weighted by molar-refractivity contribution is 5.78. The second-order valence-corrected chi connectivity index (χ2v) is 10.2. The molecule has 12 nitrogen and oxygen atoms in total. The van der Waals surface area contributed by atoms with Crippen molar-refractivity contribution in [3.05, 3.63) is 57.0 Å². The molecule has 1 saturated heterocycles. The van der Waals surface area contributed by atoms with Crippen LogP contribution in [0.4, 0.5) is 5.95 Å². The number of unbranched alkanes of at least 4 members (excludes halogenated alkanes) is 1. The third kappa shape index (κ3) is 5.85. The lowest BCUT2D eigenvalue weighted by Gasteiger charge is -2.31. The molecule has 0 saturated carbocycles. The number of rotatable bonds is 9. The molecule has 0 amide bonds. The lowest BCUT2D eigenvalue weighted by atomic mass is 10.1. The second-order valence-electron chi connectivity index (χ2n) is 10.2. The molecule has 41 heavy (non-hydrogen) atoms. The van der Waals surface area contributed by atoms with Crippen molar-refractivity contribution in [2.45, 2.75) is 65.2 Å². The number of esters is 1. The smallest absolute Gasteiger partial charge is 0.333 e. The molecule has 4 aromatic rings. The van der Waals surface area contributed by atoms with Gasteiger partial charge in [0.1, 0.15) is 6.54 Å². The Morgan fingerprint density at radius 1 is 1.15 bits per heavy atom. The van der Waals surface area contributed by atoms with Gasteiger partial charge in [0.2, 0.25) is 5.95 Å². The van der Waals surface area contributed by atoms with Gasteiger partial charge in [-0.15, -0.1) is 5.92 Å². The number of carbonyl (C=O) groups excluding carboxylic acids is 1. The number of imidazole rings is 1. The highest BCUT2D eigenvalue weighted by atomic mass is 16.5. The van der Waals surface area contributed by atoms with Crippen molar-refractivity contribution in [3.63, 3.8) is 0 Å². The number of aromatic nitrogens is 6. The van der Waals surface area contributed by atoms with Crippen molar-refractivity contribution >= 4 is 34.1 Å². The lowest BCUT2D eigenvalue weighted by Crippen LogP contribution is -2.44. The standard InChI is InChI=1S/C29H34N8O4/c1-3-5-14-35-25-26(33-28(35)34-13-7-8-21(30)18-34)36(19-24(38)41-15-6-4-2)29(40)37(27(25)39)17-20-9-10-22-23(16-20)32-12-11-31-22/h9-12,16,21H,4,6-8,13-15,17-19,30H2,1-2H3. The summed E-state index contributed by atoms with van der Waals surface area (Å²) in [6, 6.07) is 5.35. The van der Waals surface area contributed by atoms with E-state index in [1.165, 1.54) is 4.57 Å². The number of hydrogen-bond donors (Lipinski definition) is 1. The monoisotopic (exact) mass is 558 g/mol. The summed E-state index contributed by atoms with van der Waals surface area (Å²) in [6.45, 7) is 5.01. The van der Waals surface area contributed by atoms with Gasteiger partial charge < -0.3 is 15.4 Å². The van der Waals surface area contributed by atoms with Crippen LogP contribution < -0.4 is 21.9 Å². The van der Waals surface area contributed by atoms with Gasteiger partial charge in [0, 0.05) is 31.5 Å². The van der Waals surface area contributed by atoms with Crippen molar-refractivity contribution in [1.29, 1.82) is 0 Å². The number of nitrogens with zero attached hydrogens (tertiary/aromatic N) is 7. The van der Waals surface area contributed by atoms with E-state index in [0.717, 1.165) is 23.8 Å². The van der Waals surface area contributed by atoms with Crippen molar-refractivity contribution in [2.24, 2.45) is 5.73 Å². The number of hydrogen-bond acceptors (Lipinski definition) is 9. The highest BCUT2D eigenvalue weighted by Crippen LogP contribution is 2.23. The molecule has 1 aliphatic heterocycles. The molecule has 5 rings (SSSR count). The van der Waals surface area contributed by atoms with Gasteiger partial charge in [-0.1, -0.05) is 25.3 Å². The summed E-state index contributed by atoms with van der Waals surface area (Å²) in [4.78, 5) is 56.2. The average molecular weight is 559 g/mol. The Morgan fingerprint density at radius 2 is 1.95 bits per heavy atom. The molecule has 2 N–H and O–H groups in total. The van der Waals surface area contributed by atoms with Crippen LogP contribution in [0.1, 0.15) is 45.1 Å². The fourth-order valence-electron chi connectivity index (χ4n) is 5.10. The summed E-state index contributed by atoms with van der Waals surface area (Å²) in [6.07, 6.45) is 6.53. The van der Waals surface area contributed by atoms with Crippen LogP contribution in [-0.4, -0.2) is 60.4 Å². The molecule has 4 heterocycles. The summed E-state index contributed by atoms with van der Waals surface area (Å²) in [5.74, 6) is 5.84. The Bertz CT molecular complexity index is 1760. The van der Waals surface area contributed by atoms with Crippen LogP contribution in [-0.2, 0) is 29.2 Å². The van der Waals surface area contributed by atoms with Crippen LogP contribution in [0.25, 0.3) is 22.2 Å². The van der Waals surface area contributed by atoms with Crippen molar-refractivity contribution in [3.8, 4) is 11.8 Å². The summed E-state index contributed by atoms with van der Waals surface area (Å²) < 4.78 is 9.46. The molecule has 1 fully saturated rings. The van der Waals surface area contributed by atoms with Crippen LogP contribution in [0.5, 0.6) is 0 Å². The topological polar surface area (TPSA) is 143 Å². The zero-order valence-corrected chi connectivity index (χ0v) is 23.4. The number of nitrogens with two attached hydrogens (primary N) is 1. The Morgan fingerprint density at radius 3 is 2.71 bits per heavy atom. The summed E-state index contributed by atoms with van der Waals surface area (Å²) in [7, 11) is 0. The quantitative estimate of drug-likeness (QED) is 0.184. The maximum atomic E-state index is 14.1. The van der Waals surface area contributed by atoms with Crippen molar-refractivity contribution in [2.75, 3.05) is 24.6 Å². The first-order valence-corrected chi connectivity index (χ1v) is 13.9. The van der Waals surface area contributed by atoms with Crippen LogP contribution in [0.15, 0.2) is 40.2 Å². The Hall–Kier alpha value is -4.50. The SMILES string of the molecule is CC#CCn1c(N2CCCC(N)C2)nc2c1c(=O)n(Cc1ccc3nccnc3c1)c(=O)n2CC(=O)OCCCC. The van der Waals surface area contributed by atoms with Gasteiger partial charge in [0.25, 0.3) is 5.56 Å². The predicted molar refractivity (Wildman–Crippen MR) is 156 cm³/mol. The van der Waals surface area contributed by atoms with E-state index >= 15 is 0 Å². The first kappa shape index (κ1) is 28.0. The first-order chi connectivity index (χ1) is 19.9. The fourth-order valence-corrected chi connectivity index (χ4v) is 5.10. The molecular formula is C29H34N8O4. The van der Waals surface area contributed by atoms with Gasteiger partial charge in [0.05, 0.1) is 30.7 Å². The van der Waals surface area contributed by atoms with E-state index in [4.69, 9.17) is 15.5 Å². The van der Waals surface area contributed by atoms with Crippen molar-refractivity contribution in [1.82, 2.24) is 28.7 Å². The number of anilines is 1. The molecule has 0 bridgehead atoms. The van der Waals surface area contributed by atoms with Gasteiger partial charge in [-0.25, -0.2) is 4.79 Å². The van der Waals surface area contributed by atoms with Gasteiger partial charge in [0.15, 0.2) is 11.2 Å². The molecule has 12 heteroatoms. The fraction of sp³-hybridized carbons (Fsp3) is 0.448. The molecule has 0 spiro atoms. The van der Waals surface area contributed by atoms with E-state index < -0.39 is 17.2 Å². The molecule has 3 aromatic heterocycles. The molecule has 1 aromatic carbocycles. The predicted octanol–water partition coefficient (Wildman–Crippen LogP) is 1.65. The number of carbonyl (C=O) groups is 1. The van der Waals surface area contributed by atoms with Gasteiger partial charge in [-0.05, 0) is 43.9 Å². The van der Waals surface area contributed by atoms with Gasteiger partial charge >= 0.3 is 11.7 Å². The third-order valence-electron chi connectivity index (χ3n) is 7.17. The number of piperidine rings is 1. The van der Waals surface area contributed by atoms with Gasteiger partial charge in [-0.3, -0.25) is 33.3 Å². The number of fused-ring (bicyclic) bond motifs is 2. The first-order valence-electron chi connectivity index (χ1n) is 13.9. The van der Waals surface area contributed by atoms with E-state index in [-0.39, 0.29) is 43.4 Å². The van der Waals surface area contributed by atoms with Crippen LogP contribution in [0, 0.1) is 11.8 Å². The summed E-state index contributed by atoms with van der Waals surface area (Å²) in [5, 5.41) is 0. The molecule has 0 radical (unpaired) electrons. The highest BCUT2D eigenvalue weighted by Gasteiger charge is 2.27. The maximum Gasteiger partial charge on any atom is 0.333 e. The average Bonchev–Trinajstić information content (AvgIpc) is 3.36.